The molecule has 4 nitrogen and oxygen atoms in total. The van der Waals surface area contributed by atoms with Gasteiger partial charge in [0.15, 0.2) is 0 Å². The molecule has 1 aliphatic heterocycles. The van der Waals surface area contributed by atoms with Gasteiger partial charge in [-0.2, -0.15) is 0 Å². The highest BCUT2D eigenvalue weighted by atomic mass is 16.5. The number of ether oxygens (including phenoxy) is 1. The number of amides is 1. The van der Waals surface area contributed by atoms with Crippen molar-refractivity contribution in [2.45, 2.75) is 38.8 Å². The van der Waals surface area contributed by atoms with Crippen LogP contribution < -0.4 is 11.1 Å². The quantitative estimate of drug-likeness (QED) is 0.863. The second kappa shape index (κ2) is 6.86. The molecule has 1 amide bonds. The maximum atomic E-state index is 12.1. The third-order valence-electron chi connectivity index (χ3n) is 4.01. The summed E-state index contributed by atoms with van der Waals surface area (Å²) in [5.41, 5.74) is 8.01. The Morgan fingerprint density at radius 1 is 1.45 bits per heavy atom. The van der Waals surface area contributed by atoms with E-state index in [0.29, 0.717) is 12.5 Å². The van der Waals surface area contributed by atoms with E-state index in [-0.39, 0.29) is 12.0 Å². The molecule has 0 aliphatic carbocycles. The molecule has 0 bridgehead atoms. The van der Waals surface area contributed by atoms with Crippen molar-refractivity contribution in [2.24, 2.45) is 11.7 Å². The van der Waals surface area contributed by atoms with Crippen LogP contribution >= 0.6 is 0 Å². The van der Waals surface area contributed by atoms with Crippen molar-refractivity contribution >= 4 is 5.91 Å². The zero-order chi connectivity index (χ0) is 14.5. The number of benzene rings is 1. The van der Waals surface area contributed by atoms with Crippen LogP contribution in [0.3, 0.4) is 0 Å². The Hall–Kier alpha value is -1.39. The van der Waals surface area contributed by atoms with Crippen molar-refractivity contribution < 1.29 is 9.53 Å². The lowest BCUT2D eigenvalue weighted by molar-refractivity contribution is -0.122. The minimum absolute atomic E-state index is 0.115. The van der Waals surface area contributed by atoms with Crippen molar-refractivity contribution in [1.29, 1.82) is 0 Å². The normalized spacial score (nSPS) is 23.6. The summed E-state index contributed by atoms with van der Waals surface area (Å²) in [6, 6.07) is 7.17. The van der Waals surface area contributed by atoms with Crippen molar-refractivity contribution in [3.05, 3.63) is 35.4 Å². The van der Waals surface area contributed by atoms with Crippen LogP contribution in [-0.2, 0) is 9.53 Å². The Balaban J connectivity index is 1.86. The fourth-order valence-electron chi connectivity index (χ4n) is 2.64. The molecule has 3 unspecified atom stereocenters. The van der Waals surface area contributed by atoms with Gasteiger partial charge < -0.3 is 15.8 Å². The number of hydrogen-bond acceptors (Lipinski definition) is 3. The lowest BCUT2D eigenvalue weighted by Crippen LogP contribution is -2.38. The first-order valence-corrected chi connectivity index (χ1v) is 7.33. The molecule has 3 N–H and O–H groups in total. The molecule has 0 saturated carbocycles. The third-order valence-corrected chi connectivity index (χ3v) is 4.01. The first-order chi connectivity index (χ1) is 9.61. The third kappa shape index (κ3) is 3.58. The highest BCUT2D eigenvalue weighted by Gasteiger charge is 2.27. The average Bonchev–Trinajstić information content (AvgIpc) is 2.92. The van der Waals surface area contributed by atoms with Gasteiger partial charge in [0, 0.05) is 19.1 Å². The van der Waals surface area contributed by atoms with Gasteiger partial charge in [0.2, 0.25) is 5.91 Å². The van der Waals surface area contributed by atoms with Gasteiger partial charge in [0.25, 0.3) is 0 Å². The van der Waals surface area contributed by atoms with Crippen LogP contribution in [0.5, 0.6) is 0 Å². The Labute approximate surface area is 120 Å². The molecule has 1 aliphatic rings. The fraction of sp³-hybridized carbons (Fsp3) is 0.562. The lowest BCUT2D eigenvalue weighted by Gasteiger charge is -2.19. The summed E-state index contributed by atoms with van der Waals surface area (Å²) < 4.78 is 5.62. The molecule has 0 aromatic heterocycles. The van der Waals surface area contributed by atoms with Gasteiger partial charge in [0.05, 0.1) is 6.10 Å². The van der Waals surface area contributed by atoms with Crippen LogP contribution in [0.1, 0.15) is 36.9 Å². The maximum absolute atomic E-state index is 12.1. The highest BCUT2D eigenvalue weighted by molar-refractivity contribution is 5.82. The topological polar surface area (TPSA) is 64.3 Å². The van der Waals surface area contributed by atoms with Gasteiger partial charge in [-0.1, -0.05) is 36.8 Å². The molecule has 2 rings (SSSR count). The molecule has 0 spiro atoms. The number of carbonyl (C=O) groups is 1. The zero-order valence-corrected chi connectivity index (χ0v) is 12.3. The number of carbonyl (C=O) groups excluding carboxylic acids is 1. The van der Waals surface area contributed by atoms with Crippen molar-refractivity contribution in [2.75, 3.05) is 13.2 Å². The van der Waals surface area contributed by atoms with Gasteiger partial charge in [-0.05, 0) is 25.3 Å². The largest absolute Gasteiger partial charge is 0.378 e. The van der Waals surface area contributed by atoms with E-state index in [9.17, 15) is 4.79 Å². The van der Waals surface area contributed by atoms with E-state index >= 15 is 0 Å². The molecular weight excluding hydrogens is 252 g/mol. The van der Waals surface area contributed by atoms with Crippen molar-refractivity contribution in [3.8, 4) is 0 Å². The molecule has 20 heavy (non-hydrogen) atoms. The zero-order valence-electron chi connectivity index (χ0n) is 12.3. The van der Waals surface area contributed by atoms with E-state index in [4.69, 9.17) is 10.5 Å². The predicted molar refractivity (Wildman–Crippen MR) is 79.3 cm³/mol. The number of aryl methyl sites for hydroxylation is 1. The number of rotatable bonds is 5. The fourth-order valence-corrected chi connectivity index (χ4v) is 2.64. The summed E-state index contributed by atoms with van der Waals surface area (Å²) in [5, 5.41) is 2.96. The molecule has 1 fully saturated rings. The van der Waals surface area contributed by atoms with Crippen LogP contribution in [-0.4, -0.2) is 25.2 Å². The van der Waals surface area contributed by atoms with E-state index in [0.717, 1.165) is 30.6 Å². The first-order valence-electron chi connectivity index (χ1n) is 7.33. The SMILES string of the molecule is CCC1OCCC1CNC(=O)C(N)c1ccc(C)cc1. The van der Waals surface area contributed by atoms with Gasteiger partial charge in [-0.25, -0.2) is 0 Å². The molecule has 3 atom stereocenters. The number of nitrogens with two attached hydrogens (primary N) is 1. The van der Waals surface area contributed by atoms with Gasteiger partial charge in [0.1, 0.15) is 6.04 Å². The van der Waals surface area contributed by atoms with Crippen LogP contribution in [0.2, 0.25) is 0 Å². The Morgan fingerprint density at radius 3 is 2.80 bits per heavy atom. The van der Waals surface area contributed by atoms with Gasteiger partial charge >= 0.3 is 0 Å². The molecule has 4 heteroatoms. The van der Waals surface area contributed by atoms with Crippen LogP contribution in [0.15, 0.2) is 24.3 Å². The minimum atomic E-state index is -0.599. The highest BCUT2D eigenvalue weighted by Crippen LogP contribution is 2.22. The second-order valence-electron chi connectivity index (χ2n) is 5.50. The Bertz CT molecular complexity index is 444. The van der Waals surface area contributed by atoms with E-state index < -0.39 is 6.04 Å². The summed E-state index contributed by atoms with van der Waals surface area (Å²) in [6.45, 7) is 5.57. The van der Waals surface area contributed by atoms with E-state index in [1.807, 2.05) is 31.2 Å². The first kappa shape index (κ1) is 15.0. The predicted octanol–water partition coefficient (Wildman–Crippen LogP) is 1.93. The lowest BCUT2D eigenvalue weighted by atomic mass is 9.99. The summed E-state index contributed by atoms with van der Waals surface area (Å²) in [5.74, 6) is 0.296. The minimum Gasteiger partial charge on any atom is -0.378 e. The molecule has 1 aromatic carbocycles. The number of hydrogen-bond donors (Lipinski definition) is 2. The summed E-state index contributed by atoms with van der Waals surface area (Å²) in [6.07, 6.45) is 2.27. The summed E-state index contributed by atoms with van der Waals surface area (Å²) in [4.78, 5) is 12.1. The molecular formula is C16H24N2O2. The molecule has 1 saturated heterocycles. The second-order valence-corrected chi connectivity index (χ2v) is 5.50. The average molecular weight is 276 g/mol. The Kier molecular flexibility index (Phi) is 5.15. The molecule has 1 heterocycles. The van der Waals surface area contributed by atoms with Crippen LogP contribution in [0.4, 0.5) is 0 Å². The monoisotopic (exact) mass is 276 g/mol. The Morgan fingerprint density at radius 2 is 2.15 bits per heavy atom. The standard InChI is InChI=1S/C16H24N2O2/c1-3-14-13(8-9-20-14)10-18-16(19)15(17)12-6-4-11(2)5-7-12/h4-7,13-15H,3,8-10,17H2,1-2H3,(H,18,19). The molecule has 1 aromatic rings. The molecule has 110 valence electrons. The smallest absolute Gasteiger partial charge is 0.241 e. The van der Waals surface area contributed by atoms with Crippen LogP contribution in [0, 0.1) is 12.8 Å². The number of nitrogens with one attached hydrogen (secondary N) is 1. The van der Waals surface area contributed by atoms with E-state index in [2.05, 4.69) is 12.2 Å². The summed E-state index contributed by atoms with van der Waals surface area (Å²) in [7, 11) is 0. The molecule has 0 radical (unpaired) electrons. The summed E-state index contributed by atoms with van der Waals surface area (Å²) >= 11 is 0. The van der Waals surface area contributed by atoms with Crippen molar-refractivity contribution in [3.63, 3.8) is 0 Å². The maximum Gasteiger partial charge on any atom is 0.241 e. The van der Waals surface area contributed by atoms with E-state index in [1.54, 1.807) is 0 Å². The van der Waals surface area contributed by atoms with Crippen LogP contribution in [0.25, 0.3) is 0 Å². The van der Waals surface area contributed by atoms with Gasteiger partial charge in [-0.3, -0.25) is 4.79 Å². The van der Waals surface area contributed by atoms with Gasteiger partial charge in [-0.15, -0.1) is 0 Å². The van der Waals surface area contributed by atoms with E-state index in [1.165, 1.54) is 0 Å². The van der Waals surface area contributed by atoms with Crippen molar-refractivity contribution in [1.82, 2.24) is 5.32 Å².